The quantitative estimate of drug-likeness (QED) is 0.137. The largest absolute Gasteiger partial charge is 0.534 e. The highest BCUT2D eigenvalue weighted by atomic mass is 32.2. The zero-order valence-electron chi connectivity index (χ0n) is 33.8. The number of hydrogen-bond acceptors (Lipinski definition) is 8. The summed E-state index contributed by atoms with van der Waals surface area (Å²) >= 11 is 0. The predicted octanol–water partition coefficient (Wildman–Crippen LogP) is 10.5. The van der Waals surface area contributed by atoms with E-state index < -0.39 is 42.5 Å². The van der Waals surface area contributed by atoms with Crippen LogP contribution in [0.5, 0.6) is 11.5 Å². The molecule has 0 spiro atoms. The van der Waals surface area contributed by atoms with Crippen LogP contribution >= 0.6 is 0 Å². The molecule has 4 aliphatic rings. The van der Waals surface area contributed by atoms with E-state index in [0.29, 0.717) is 37.5 Å². The van der Waals surface area contributed by atoms with Gasteiger partial charge in [-0.1, -0.05) is 52.7 Å². The molecule has 0 saturated heterocycles. The van der Waals surface area contributed by atoms with Crippen LogP contribution in [0.15, 0.2) is 36.4 Å². The Labute approximate surface area is 339 Å². The number of rotatable bonds is 10. The van der Waals surface area contributed by atoms with Crippen molar-refractivity contribution < 1.29 is 61.8 Å². The summed E-state index contributed by atoms with van der Waals surface area (Å²) in [5.74, 6) is -0.0115. The lowest BCUT2D eigenvalue weighted by Crippen LogP contribution is -2.47. The van der Waals surface area contributed by atoms with Crippen molar-refractivity contribution in [3.8, 4) is 11.5 Å². The lowest BCUT2D eigenvalue weighted by atomic mass is 9.56. The fourth-order valence-electron chi connectivity index (χ4n) is 11.0. The van der Waals surface area contributed by atoms with E-state index in [-0.39, 0.29) is 22.3 Å². The Hall–Kier alpha value is -2.56. The number of aryl methyl sites for hydroxylation is 2. The minimum Gasteiger partial charge on any atom is -0.390 e. The van der Waals surface area contributed by atoms with Crippen LogP contribution in [0.4, 0.5) is 26.3 Å². The van der Waals surface area contributed by atoms with Crippen molar-refractivity contribution in [2.24, 2.45) is 11.8 Å². The summed E-state index contributed by atoms with van der Waals surface area (Å²) in [6.07, 6.45) is 14.5. The Balaban J connectivity index is 0.000000221. The van der Waals surface area contributed by atoms with Gasteiger partial charge in [-0.2, -0.15) is 43.2 Å². The molecule has 0 amide bonds. The molecule has 58 heavy (non-hydrogen) atoms. The highest BCUT2D eigenvalue weighted by molar-refractivity contribution is 7.88. The molecule has 0 bridgehead atoms. The second kappa shape index (κ2) is 17.1. The number of alkyl halides is 6. The van der Waals surface area contributed by atoms with E-state index >= 15 is 0 Å². The van der Waals surface area contributed by atoms with Gasteiger partial charge < -0.3 is 18.6 Å². The van der Waals surface area contributed by atoms with Crippen molar-refractivity contribution >= 4 is 20.2 Å². The Morgan fingerprint density at radius 3 is 1.29 bits per heavy atom. The van der Waals surface area contributed by atoms with Crippen molar-refractivity contribution in [3.63, 3.8) is 0 Å². The average Bonchev–Trinajstić information content (AvgIpc) is 3.37. The number of hydrogen-bond donors (Lipinski definition) is 2. The van der Waals surface area contributed by atoms with Gasteiger partial charge in [0.15, 0.2) is 0 Å². The summed E-state index contributed by atoms with van der Waals surface area (Å²) in [7, 11) is -11.4. The molecule has 2 saturated carbocycles. The first kappa shape index (κ1) is 46.5. The maximum absolute atomic E-state index is 12.7. The van der Waals surface area contributed by atoms with Crippen molar-refractivity contribution in [1.82, 2.24) is 0 Å². The van der Waals surface area contributed by atoms with E-state index in [9.17, 15) is 53.4 Å². The van der Waals surface area contributed by atoms with Crippen LogP contribution in [0.1, 0.15) is 153 Å². The lowest BCUT2D eigenvalue weighted by Gasteiger charge is -2.50. The first-order valence-corrected chi connectivity index (χ1v) is 23.5. The molecule has 2 aromatic rings. The molecular formula is C42H58F6O8S2. The second-order valence-electron chi connectivity index (χ2n) is 17.2. The highest BCUT2D eigenvalue weighted by Crippen LogP contribution is 2.56. The molecule has 0 unspecified atom stereocenters. The molecule has 0 aromatic heterocycles. The second-order valence-corrected chi connectivity index (χ2v) is 20.2. The van der Waals surface area contributed by atoms with Crippen LogP contribution < -0.4 is 8.37 Å². The highest BCUT2D eigenvalue weighted by Gasteiger charge is 2.53. The monoisotopic (exact) mass is 868 g/mol. The van der Waals surface area contributed by atoms with E-state index in [1.807, 2.05) is 0 Å². The van der Waals surface area contributed by atoms with Crippen LogP contribution in [-0.2, 0) is 43.9 Å². The fourth-order valence-corrected chi connectivity index (χ4v) is 12.0. The molecule has 16 heteroatoms. The molecule has 0 radical (unpaired) electrons. The summed E-state index contributed by atoms with van der Waals surface area (Å²) in [4.78, 5) is 0. The van der Waals surface area contributed by atoms with Crippen molar-refractivity contribution in [1.29, 1.82) is 0 Å². The fraction of sp³-hybridized carbons (Fsp3) is 0.714. The Morgan fingerprint density at radius 1 is 0.621 bits per heavy atom. The standard InChI is InChI=1S/2C21H29F3O4S/c2*1-3-10-19(25)11-12-20(4-2)16(14-19)7-5-6-15-13-17(8-9-18(15)20)28-29(26,27)21(22,23)24/h2*8-9,13,16,25H,3-7,10-12,14H2,1-2H3/t2*16-,19+,20+/m10/s1. The molecule has 6 rings (SSSR count). The topological polar surface area (TPSA) is 127 Å². The summed E-state index contributed by atoms with van der Waals surface area (Å²) in [5.41, 5.74) is -8.66. The Bertz CT molecular complexity index is 1850. The van der Waals surface area contributed by atoms with E-state index in [2.05, 4.69) is 36.1 Å². The molecule has 6 atom stereocenters. The third-order valence-corrected chi connectivity index (χ3v) is 15.7. The Morgan fingerprint density at radius 2 is 0.983 bits per heavy atom. The van der Waals surface area contributed by atoms with Gasteiger partial charge in [-0.05, 0) is 172 Å². The number of fused-ring (bicyclic) bond motifs is 6. The third-order valence-electron chi connectivity index (χ3n) is 13.8. The van der Waals surface area contributed by atoms with Crippen molar-refractivity contribution in [3.05, 3.63) is 58.7 Å². The zero-order valence-corrected chi connectivity index (χ0v) is 35.4. The SMILES string of the molecule is CCC[C@@]1(O)CC[C@@]2(CC)c3ccc(OS(=O)(=O)C(F)(F)F)cc3CCC[C@H]2C1.CCC[C@]1(O)CC[C@]2(CC)c3ccc(OS(=O)(=O)C(F)(F)F)cc3CCC[C@@H]2C1. The van der Waals surface area contributed by atoms with E-state index in [0.717, 1.165) is 112 Å². The van der Waals surface area contributed by atoms with Gasteiger partial charge in [0.1, 0.15) is 11.5 Å². The number of aliphatic hydroxyl groups is 2. The van der Waals surface area contributed by atoms with Crippen LogP contribution in [0, 0.1) is 11.8 Å². The molecule has 4 aliphatic carbocycles. The summed E-state index contributed by atoms with van der Waals surface area (Å²) in [6, 6.07) is 9.03. The first-order chi connectivity index (χ1) is 26.9. The van der Waals surface area contributed by atoms with Crippen LogP contribution in [0.2, 0.25) is 0 Å². The zero-order chi connectivity index (χ0) is 43.0. The first-order valence-electron chi connectivity index (χ1n) is 20.7. The normalized spacial score (nSPS) is 30.2. The summed E-state index contributed by atoms with van der Waals surface area (Å²) < 4.78 is 130. The number of halogens is 6. The minimum absolute atomic E-state index is 0.146. The van der Waals surface area contributed by atoms with Crippen LogP contribution in [-0.4, -0.2) is 49.3 Å². The van der Waals surface area contributed by atoms with Gasteiger partial charge in [0.25, 0.3) is 0 Å². The van der Waals surface area contributed by atoms with Gasteiger partial charge in [0.2, 0.25) is 0 Å². The van der Waals surface area contributed by atoms with Crippen molar-refractivity contribution in [2.75, 3.05) is 0 Å². The van der Waals surface area contributed by atoms with Gasteiger partial charge in [-0.3, -0.25) is 0 Å². The van der Waals surface area contributed by atoms with Gasteiger partial charge in [-0.15, -0.1) is 0 Å². The molecular weight excluding hydrogens is 811 g/mol. The summed E-state index contributed by atoms with van der Waals surface area (Å²) in [6.45, 7) is 8.37. The van der Waals surface area contributed by atoms with Crippen LogP contribution in [0.3, 0.4) is 0 Å². The van der Waals surface area contributed by atoms with Crippen molar-refractivity contribution in [2.45, 2.75) is 176 Å². The van der Waals surface area contributed by atoms with Gasteiger partial charge in [0, 0.05) is 0 Å². The molecule has 8 nitrogen and oxygen atoms in total. The Kier molecular flexibility index (Phi) is 13.7. The maximum atomic E-state index is 12.7. The molecule has 328 valence electrons. The predicted molar refractivity (Wildman–Crippen MR) is 208 cm³/mol. The average molecular weight is 869 g/mol. The third kappa shape index (κ3) is 9.34. The molecule has 2 N–H and O–H groups in total. The summed E-state index contributed by atoms with van der Waals surface area (Å²) in [5, 5.41) is 22.0. The van der Waals surface area contributed by atoms with Gasteiger partial charge in [-0.25, -0.2) is 0 Å². The molecule has 2 fully saturated rings. The van der Waals surface area contributed by atoms with Gasteiger partial charge >= 0.3 is 31.3 Å². The smallest absolute Gasteiger partial charge is 0.390 e. The number of benzene rings is 2. The van der Waals surface area contributed by atoms with E-state index in [1.54, 1.807) is 12.1 Å². The van der Waals surface area contributed by atoms with Crippen LogP contribution in [0.25, 0.3) is 0 Å². The molecule has 2 aromatic carbocycles. The molecule has 0 heterocycles. The molecule has 0 aliphatic heterocycles. The van der Waals surface area contributed by atoms with Gasteiger partial charge in [0.05, 0.1) is 11.2 Å². The lowest BCUT2D eigenvalue weighted by molar-refractivity contribution is -0.0545. The maximum Gasteiger partial charge on any atom is 0.534 e. The minimum atomic E-state index is -5.69. The van der Waals surface area contributed by atoms with E-state index in [1.165, 1.54) is 24.3 Å². The van der Waals surface area contributed by atoms with E-state index in [4.69, 9.17) is 0 Å².